The average molecular weight is 397 g/mol. The molecule has 5 nitrogen and oxygen atoms in total. The van der Waals surface area contributed by atoms with Gasteiger partial charge in [0.25, 0.3) is 5.91 Å². The summed E-state index contributed by atoms with van der Waals surface area (Å²) in [5, 5.41) is 0. The minimum atomic E-state index is -3.57. The topological polar surface area (TPSA) is 66.5 Å². The van der Waals surface area contributed by atoms with E-state index < -0.39 is 10.0 Å². The van der Waals surface area contributed by atoms with E-state index >= 15 is 0 Å². The van der Waals surface area contributed by atoms with Gasteiger partial charge >= 0.3 is 0 Å². The van der Waals surface area contributed by atoms with E-state index in [-0.39, 0.29) is 22.9 Å². The first-order chi connectivity index (χ1) is 13.5. The number of carbonyl (C=O) groups is 1. The largest absolute Gasteiger partial charge is 0.332 e. The molecule has 1 atom stereocenters. The van der Waals surface area contributed by atoms with Crippen molar-refractivity contribution in [1.82, 2.24) is 9.62 Å². The van der Waals surface area contributed by atoms with Gasteiger partial charge in [-0.15, -0.1) is 0 Å². The lowest BCUT2D eigenvalue weighted by Gasteiger charge is -2.22. The average Bonchev–Trinajstić information content (AvgIpc) is 3.39. The molecule has 0 bridgehead atoms. The fourth-order valence-corrected chi connectivity index (χ4v) is 4.83. The molecule has 1 aliphatic carbocycles. The highest BCUT2D eigenvalue weighted by Gasteiger charge is 2.30. The quantitative estimate of drug-likeness (QED) is 0.813. The maximum atomic E-state index is 13.1. The Morgan fingerprint density at radius 3 is 2.57 bits per heavy atom. The fraction of sp³-hybridized carbons (Fsp3) is 0.318. The van der Waals surface area contributed by atoms with Crippen LogP contribution in [0.2, 0.25) is 0 Å². The van der Waals surface area contributed by atoms with Crippen molar-refractivity contribution >= 4 is 22.0 Å². The first kappa shape index (κ1) is 18.9. The highest BCUT2D eigenvalue weighted by atomic mass is 32.2. The Morgan fingerprint density at radius 2 is 1.82 bits per heavy atom. The van der Waals surface area contributed by atoms with Gasteiger partial charge in [0.1, 0.15) is 0 Å². The van der Waals surface area contributed by atoms with Gasteiger partial charge in [-0.3, -0.25) is 4.79 Å². The highest BCUT2D eigenvalue weighted by Crippen LogP contribution is 2.25. The summed E-state index contributed by atoms with van der Waals surface area (Å²) >= 11 is 0. The van der Waals surface area contributed by atoms with E-state index in [2.05, 4.69) is 10.8 Å². The number of rotatable bonds is 6. The third kappa shape index (κ3) is 4.34. The number of benzene rings is 2. The summed E-state index contributed by atoms with van der Waals surface area (Å²) in [6.07, 6.45) is 7.71. The van der Waals surface area contributed by atoms with Crippen LogP contribution in [0.5, 0.6) is 0 Å². The van der Waals surface area contributed by atoms with Crippen molar-refractivity contribution in [2.45, 2.75) is 42.7 Å². The molecule has 0 radical (unpaired) electrons. The van der Waals surface area contributed by atoms with Gasteiger partial charge in [-0.25, -0.2) is 13.1 Å². The summed E-state index contributed by atoms with van der Waals surface area (Å²) in [4.78, 5) is 15.0. The van der Waals surface area contributed by atoms with Crippen molar-refractivity contribution in [3.8, 4) is 0 Å². The molecule has 1 unspecified atom stereocenters. The minimum Gasteiger partial charge on any atom is -0.332 e. The maximum absolute atomic E-state index is 13.1. The van der Waals surface area contributed by atoms with Gasteiger partial charge in [-0.2, -0.15) is 0 Å². The Balaban J connectivity index is 1.51. The monoisotopic (exact) mass is 396 g/mol. The molecule has 2 fully saturated rings. The van der Waals surface area contributed by atoms with Gasteiger partial charge in [0.2, 0.25) is 10.0 Å². The van der Waals surface area contributed by atoms with Crippen molar-refractivity contribution in [3.05, 3.63) is 71.8 Å². The van der Waals surface area contributed by atoms with Crippen molar-refractivity contribution in [3.63, 3.8) is 0 Å². The number of likely N-dealkylation sites (tertiary alicyclic amines) is 1. The second-order valence-electron chi connectivity index (χ2n) is 7.40. The van der Waals surface area contributed by atoms with Gasteiger partial charge in [-0.1, -0.05) is 48.6 Å². The zero-order valence-electron chi connectivity index (χ0n) is 15.6. The lowest BCUT2D eigenvalue weighted by atomic mass is 10.1. The molecule has 2 aromatic rings. The van der Waals surface area contributed by atoms with Crippen LogP contribution in [0, 0.1) is 0 Å². The Labute approximate surface area is 166 Å². The van der Waals surface area contributed by atoms with Gasteiger partial charge < -0.3 is 4.90 Å². The molecule has 146 valence electrons. The molecule has 1 amide bonds. The summed E-state index contributed by atoms with van der Waals surface area (Å²) < 4.78 is 27.6. The summed E-state index contributed by atoms with van der Waals surface area (Å²) in [6, 6.07) is 16.4. The lowest BCUT2D eigenvalue weighted by molar-refractivity contribution is 0.0761. The first-order valence-corrected chi connectivity index (χ1v) is 11.2. The molecule has 4 rings (SSSR count). The second-order valence-corrected chi connectivity index (χ2v) is 9.12. The molecule has 1 aliphatic heterocycles. The molecule has 1 N–H and O–H groups in total. The second kappa shape index (κ2) is 7.89. The number of hydrogen-bond donors (Lipinski definition) is 1. The smallest absolute Gasteiger partial charge is 0.254 e. The third-order valence-electron chi connectivity index (χ3n) is 5.16. The Morgan fingerprint density at radius 1 is 1.04 bits per heavy atom. The van der Waals surface area contributed by atoms with Crippen LogP contribution in [0.15, 0.2) is 65.6 Å². The van der Waals surface area contributed by atoms with Crippen LogP contribution >= 0.6 is 0 Å². The third-order valence-corrected chi connectivity index (χ3v) is 6.68. The molecule has 2 aromatic carbocycles. The SMILES string of the molecule is O=C(c1cccc(S(=O)(=O)NC2CC2)c1)N1CCCC1/C=C/c1ccccc1. The molecule has 2 aliphatic rings. The number of carbonyl (C=O) groups excluding carboxylic acids is 1. The van der Waals surface area contributed by atoms with Gasteiger partial charge in [0.05, 0.1) is 10.9 Å². The first-order valence-electron chi connectivity index (χ1n) is 9.69. The maximum Gasteiger partial charge on any atom is 0.254 e. The van der Waals surface area contributed by atoms with Crippen LogP contribution in [-0.4, -0.2) is 37.9 Å². The van der Waals surface area contributed by atoms with E-state index in [1.807, 2.05) is 41.3 Å². The van der Waals surface area contributed by atoms with Gasteiger partial charge in [0, 0.05) is 18.2 Å². The zero-order valence-corrected chi connectivity index (χ0v) is 16.4. The summed E-state index contributed by atoms with van der Waals surface area (Å²) in [6.45, 7) is 0.680. The van der Waals surface area contributed by atoms with Crippen LogP contribution in [0.4, 0.5) is 0 Å². The van der Waals surface area contributed by atoms with E-state index in [0.29, 0.717) is 12.1 Å². The molecule has 0 aromatic heterocycles. The normalized spacial score (nSPS) is 20.0. The Bertz CT molecular complexity index is 982. The van der Waals surface area contributed by atoms with Gasteiger partial charge in [-0.05, 0) is 49.4 Å². The predicted octanol–water partition coefficient (Wildman–Crippen LogP) is 3.45. The van der Waals surface area contributed by atoms with Crippen LogP contribution in [0.3, 0.4) is 0 Å². The highest BCUT2D eigenvalue weighted by molar-refractivity contribution is 7.89. The molecular weight excluding hydrogens is 372 g/mol. The van der Waals surface area contributed by atoms with Gasteiger partial charge in [0.15, 0.2) is 0 Å². The number of nitrogens with one attached hydrogen (secondary N) is 1. The molecule has 1 heterocycles. The van der Waals surface area contributed by atoms with Crippen LogP contribution in [0.1, 0.15) is 41.6 Å². The lowest BCUT2D eigenvalue weighted by Crippen LogP contribution is -2.34. The van der Waals surface area contributed by atoms with E-state index in [1.54, 1.807) is 12.1 Å². The minimum absolute atomic E-state index is 0.0255. The molecular formula is C22H24N2O3S. The standard InChI is InChI=1S/C22H24N2O3S/c25-22(18-8-4-10-21(16-18)28(26,27)23-19-12-13-19)24-15-5-9-20(24)14-11-17-6-2-1-3-7-17/h1-4,6-8,10-11,14,16,19-20,23H,5,9,12-13,15H2/b14-11+. The Kier molecular flexibility index (Phi) is 5.33. The predicted molar refractivity (Wildman–Crippen MR) is 109 cm³/mol. The molecule has 1 saturated carbocycles. The fourth-order valence-electron chi connectivity index (χ4n) is 3.48. The van der Waals surface area contributed by atoms with E-state index in [0.717, 1.165) is 31.2 Å². The van der Waals surface area contributed by atoms with Crippen molar-refractivity contribution in [2.24, 2.45) is 0 Å². The molecule has 1 saturated heterocycles. The van der Waals surface area contributed by atoms with Crippen LogP contribution < -0.4 is 4.72 Å². The number of amides is 1. The zero-order chi connectivity index (χ0) is 19.6. The van der Waals surface area contributed by atoms with E-state index in [4.69, 9.17) is 0 Å². The summed E-state index contributed by atoms with van der Waals surface area (Å²) in [5.41, 5.74) is 1.51. The number of hydrogen-bond acceptors (Lipinski definition) is 3. The van der Waals surface area contributed by atoms with Crippen molar-refractivity contribution in [2.75, 3.05) is 6.54 Å². The molecule has 0 spiro atoms. The number of sulfonamides is 1. The van der Waals surface area contributed by atoms with E-state index in [1.165, 1.54) is 12.1 Å². The Hall–Kier alpha value is -2.44. The van der Waals surface area contributed by atoms with Crippen LogP contribution in [-0.2, 0) is 10.0 Å². The van der Waals surface area contributed by atoms with Crippen molar-refractivity contribution < 1.29 is 13.2 Å². The van der Waals surface area contributed by atoms with Crippen molar-refractivity contribution in [1.29, 1.82) is 0 Å². The number of nitrogens with zero attached hydrogens (tertiary/aromatic N) is 1. The summed E-state index contributed by atoms with van der Waals surface area (Å²) in [7, 11) is -3.57. The molecule has 6 heteroatoms. The molecule has 28 heavy (non-hydrogen) atoms. The van der Waals surface area contributed by atoms with Crippen LogP contribution in [0.25, 0.3) is 6.08 Å². The summed E-state index contributed by atoms with van der Waals surface area (Å²) in [5.74, 6) is -0.122. The van der Waals surface area contributed by atoms with E-state index in [9.17, 15) is 13.2 Å².